The second-order valence-corrected chi connectivity index (χ2v) is 2.88. The number of ether oxygens (including phenoxy) is 1. The molecule has 1 rings (SSSR count). The Balaban J connectivity index is 3.01. The maximum absolute atomic E-state index is 11.9. The van der Waals surface area contributed by atoms with Crippen LogP contribution < -0.4 is 4.74 Å². The average molecular weight is 203 g/mol. The van der Waals surface area contributed by atoms with Gasteiger partial charge in [0.15, 0.2) is 0 Å². The third-order valence-corrected chi connectivity index (χ3v) is 1.90. The summed E-state index contributed by atoms with van der Waals surface area (Å²) in [6.45, 7) is 0.316. The SMILES string of the molecule is Cc1cc(OC(F)F)nc(C)c1CO. The molecule has 0 fully saturated rings. The van der Waals surface area contributed by atoms with Crippen LogP contribution in [-0.4, -0.2) is 16.7 Å². The largest absolute Gasteiger partial charge is 0.417 e. The maximum atomic E-state index is 11.9. The van der Waals surface area contributed by atoms with Gasteiger partial charge in [-0.05, 0) is 19.4 Å². The summed E-state index contributed by atoms with van der Waals surface area (Å²) in [5.74, 6) is -0.118. The number of alkyl halides is 2. The summed E-state index contributed by atoms with van der Waals surface area (Å²) < 4.78 is 27.9. The summed E-state index contributed by atoms with van der Waals surface area (Å²) in [6, 6.07) is 1.38. The van der Waals surface area contributed by atoms with Gasteiger partial charge in [-0.1, -0.05) is 0 Å². The molecule has 3 nitrogen and oxygen atoms in total. The van der Waals surface area contributed by atoms with E-state index in [1.54, 1.807) is 13.8 Å². The predicted molar refractivity (Wildman–Crippen MR) is 46.3 cm³/mol. The van der Waals surface area contributed by atoms with Gasteiger partial charge in [0, 0.05) is 17.3 Å². The van der Waals surface area contributed by atoms with E-state index in [9.17, 15) is 8.78 Å². The zero-order valence-corrected chi connectivity index (χ0v) is 7.92. The molecule has 1 N–H and O–H groups in total. The summed E-state index contributed by atoms with van der Waals surface area (Å²) in [5.41, 5.74) is 1.84. The molecule has 78 valence electrons. The first-order chi connectivity index (χ1) is 6.54. The molecule has 0 bridgehead atoms. The molecule has 0 atom stereocenters. The van der Waals surface area contributed by atoms with Gasteiger partial charge in [-0.2, -0.15) is 8.78 Å². The minimum atomic E-state index is -2.87. The van der Waals surface area contributed by atoms with Gasteiger partial charge >= 0.3 is 6.61 Å². The molecule has 0 saturated carbocycles. The highest BCUT2D eigenvalue weighted by Gasteiger charge is 2.10. The van der Waals surface area contributed by atoms with Crippen molar-refractivity contribution in [2.24, 2.45) is 0 Å². The van der Waals surface area contributed by atoms with Crippen molar-refractivity contribution in [3.05, 3.63) is 22.9 Å². The van der Waals surface area contributed by atoms with E-state index >= 15 is 0 Å². The van der Waals surface area contributed by atoms with Gasteiger partial charge in [0.2, 0.25) is 5.88 Å². The molecule has 0 spiro atoms. The molecule has 0 unspecified atom stereocenters. The fraction of sp³-hybridized carbons (Fsp3) is 0.444. The third kappa shape index (κ3) is 2.38. The highest BCUT2D eigenvalue weighted by molar-refractivity contribution is 5.32. The van der Waals surface area contributed by atoms with Crippen molar-refractivity contribution in [2.75, 3.05) is 0 Å². The minimum absolute atomic E-state index is 0.118. The van der Waals surface area contributed by atoms with Gasteiger partial charge in [0.25, 0.3) is 0 Å². The first-order valence-electron chi connectivity index (χ1n) is 4.07. The number of aromatic nitrogens is 1. The Hall–Kier alpha value is -1.23. The number of aliphatic hydroxyl groups excluding tert-OH is 1. The van der Waals surface area contributed by atoms with E-state index in [0.717, 1.165) is 0 Å². The Morgan fingerprint density at radius 3 is 2.57 bits per heavy atom. The van der Waals surface area contributed by atoms with Gasteiger partial charge in [0.05, 0.1) is 6.61 Å². The first kappa shape index (κ1) is 10.8. The Kier molecular flexibility index (Phi) is 3.35. The number of aryl methyl sites for hydroxylation is 2. The van der Waals surface area contributed by atoms with Crippen molar-refractivity contribution in [1.82, 2.24) is 4.98 Å². The molecule has 0 radical (unpaired) electrons. The Bertz CT molecular complexity index is 306. The summed E-state index contributed by atoms with van der Waals surface area (Å²) in [5, 5.41) is 8.94. The summed E-state index contributed by atoms with van der Waals surface area (Å²) in [4.78, 5) is 3.78. The van der Waals surface area contributed by atoms with Gasteiger partial charge in [-0.25, -0.2) is 4.98 Å². The van der Waals surface area contributed by atoms with Gasteiger partial charge in [-0.15, -0.1) is 0 Å². The summed E-state index contributed by atoms with van der Waals surface area (Å²) >= 11 is 0. The number of aliphatic hydroxyl groups is 1. The molecule has 0 aliphatic carbocycles. The van der Waals surface area contributed by atoms with Crippen LogP contribution in [0.4, 0.5) is 8.78 Å². The van der Waals surface area contributed by atoms with Crippen LogP contribution in [0.25, 0.3) is 0 Å². The fourth-order valence-electron chi connectivity index (χ4n) is 1.21. The number of hydrogen-bond acceptors (Lipinski definition) is 3. The lowest BCUT2D eigenvalue weighted by molar-refractivity contribution is -0.0529. The molecule has 1 aromatic heterocycles. The zero-order valence-electron chi connectivity index (χ0n) is 7.92. The van der Waals surface area contributed by atoms with E-state index in [2.05, 4.69) is 9.72 Å². The lowest BCUT2D eigenvalue weighted by atomic mass is 10.1. The van der Waals surface area contributed by atoms with Gasteiger partial charge in [0.1, 0.15) is 0 Å². The molecule has 1 heterocycles. The van der Waals surface area contributed by atoms with Gasteiger partial charge < -0.3 is 9.84 Å². The van der Waals surface area contributed by atoms with Crippen molar-refractivity contribution in [1.29, 1.82) is 0 Å². The average Bonchev–Trinajstić information content (AvgIpc) is 2.01. The van der Waals surface area contributed by atoms with E-state index in [4.69, 9.17) is 5.11 Å². The van der Waals surface area contributed by atoms with Crippen molar-refractivity contribution in [2.45, 2.75) is 27.1 Å². The second kappa shape index (κ2) is 4.32. The maximum Gasteiger partial charge on any atom is 0.388 e. The number of pyridine rings is 1. The molecule has 0 aromatic carbocycles. The van der Waals surface area contributed by atoms with Crippen LogP contribution in [0, 0.1) is 13.8 Å². The fourth-order valence-corrected chi connectivity index (χ4v) is 1.21. The molecular weight excluding hydrogens is 192 g/mol. The van der Waals surface area contributed by atoms with Crippen LogP contribution in [0.15, 0.2) is 6.07 Å². The van der Waals surface area contributed by atoms with Crippen LogP contribution in [0.5, 0.6) is 5.88 Å². The number of nitrogens with zero attached hydrogens (tertiary/aromatic N) is 1. The summed E-state index contributed by atoms with van der Waals surface area (Å²) in [6.07, 6.45) is 0. The number of rotatable bonds is 3. The van der Waals surface area contributed by atoms with Crippen LogP contribution >= 0.6 is 0 Å². The lowest BCUT2D eigenvalue weighted by Crippen LogP contribution is -2.06. The van der Waals surface area contributed by atoms with E-state index in [-0.39, 0.29) is 12.5 Å². The number of halogens is 2. The Labute approximate surface area is 80.3 Å². The van der Waals surface area contributed by atoms with Crippen molar-refractivity contribution >= 4 is 0 Å². The molecule has 0 aliphatic rings. The molecular formula is C9H11F2NO2. The van der Waals surface area contributed by atoms with E-state index in [1.807, 2.05) is 0 Å². The van der Waals surface area contributed by atoms with Crippen molar-refractivity contribution in [3.8, 4) is 5.88 Å². The summed E-state index contributed by atoms with van der Waals surface area (Å²) in [7, 11) is 0. The Morgan fingerprint density at radius 2 is 2.14 bits per heavy atom. The predicted octanol–water partition coefficient (Wildman–Crippen LogP) is 1.79. The van der Waals surface area contributed by atoms with E-state index < -0.39 is 6.61 Å². The second-order valence-electron chi connectivity index (χ2n) is 2.88. The third-order valence-electron chi connectivity index (χ3n) is 1.90. The van der Waals surface area contributed by atoms with E-state index in [0.29, 0.717) is 16.8 Å². The topological polar surface area (TPSA) is 42.4 Å². The molecule has 0 aliphatic heterocycles. The molecule has 0 amide bonds. The van der Waals surface area contributed by atoms with Crippen LogP contribution in [0.3, 0.4) is 0 Å². The van der Waals surface area contributed by atoms with Crippen molar-refractivity contribution in [3.63, 3.8) is 0 Å². The molecule has 1 aromatic rings. The van der Waals surface area contributed by atoms with Crippen LogP contribution in [0.1, 0.15) is 16.8 Å². The van der Waals surface area contributed by atoms with Crippen LogP contribution in [0.2, 0.25) is 0 Å². The quantitative estimate of drug-likeness (QED) is 0.814. The highest BCUT2D eigenvalue weighted by Crippen LogP contribution is 2.19. The monoisotopic (exact) mass is 203 g/mol. The Morgan fingerprint density at radius 1 is 1.50 bits per heavy atom. The minimum Gasteiger partial charge on any atom is -0.417 e. The van der Waals surface area contributed by atoms with Crippen molar-refractivity contribution < 1.29 is 18.6 Å². The molecule has 0 saturated heterocycles. The highest BCUT2D eigenvalue weighted by atomic mass is 19.3. The van der Waals surface area contributed by atoms with E-state index in [1.165, 1.54) is 6.07 Å². The first-order valence-corrected chi connectivity index (χ1v) is 4.07. The van der Waals surface area contributed by atoms with Gasteiger partial charge in [-0.3, -0.25) is 0 Å². The zero-order chi connectivity index (χ0) is 10.7. The van der Waals surface area contributed by atoms with Crippen LogP contribution in [-0.2, 0) is 6.61 Å². The normalized spacial score (nSPS) is 10.7. The molecule has 5 heteroatoms. The smallest absolute Gasteiger partial charge is 0.388 e. The number of hydrogen-bond donors (Lipinski definition) is 1. The lowest BCUT2D eigenvalue weighted by Gasteiger charge is -2.09. The standard InChI is InChI=1S/C9H11F2NO2/c1-5-3-8(14-9(10)11)12-6(2)7(5)4-13/h3,9,13H,4H2,1-2H3. The molecule has 14 heavy (non-hydrogen) atoms.